The van der Waals surface area contributed by atoms with Gasteiger partial charge in [0.1, 0.15) is 11.5 Å². The Morgan fingerprint density at radius 2 is 2.22 bits per heavy atom. The normalized spacial score (nSPS) is 18.8. The summed E-state index contributed by atoms with van der Waals surface area (Å²) >= 11 is 0. The predicted molar refractivity (Wildman–Crippen MR) is 69.7 cm³/mol. The van der Waals surface area contributed by atoms with Gasteiger partial charge in [-0.3, -0.25) is 4.79 Å². The van der Waals surface area contributed by atoms with Crippen LogP contribution in [0.25, 0.3) is 0 Å². The van der Waals surface area contributed by atoms with Gasteiger partial charge in [0, 0.05) is 12.0 Å². The Bertz CT molecular complexity index is 503. The Hall–Kier alpha value is -1.77. The molecular formula is C15H18O3. The van der Waals surface area contributed by atoms with Gasteiger partial charge in [-0.2, -0.15) is 0 Å². The minimum Gasteiger partial charge on any atom is -0.508 e. The highest BCUT2D eigenvalue weighted by molar-refractivity contribution is 5.74. The summed E-state index contributed by atoms with van der Waals surface area (Å²) in [5.41, 5.74) is 2.61. The van der Waals surface area contributed by atoms with Crippen LogP contribution in [0.5, 0.6) is 11.5 Å². The van der Waals surface area contributed by atoms with Crippen molar-refractivity contribution in [3.05, 3.63) is 35.4 Å². The summed E-state index contributed by atoms with van der Waals surface area (Å²) in [5.74, 6) is 0.874. The lowest BCUT2D eigenvalue weighted by atomic mass is 9.96. The van der Waals surface area contributed by atoms with Crippen LogP contribution in [0.3, 0.4) is 0 Å². The number of carbonyl (C=O) groups excluding carboxylic acids is 1. The zero-order chi connectivity index (χ0) is 13.3. The van der Waals surface area contributed by atoms with Crippen LogP contribution in [0.2, 0.25) is 0 Å². The minimum atomic E-state index is -0.201. The lowest BCUT2D eigenvalue weighted by molar-refractivity contribution is -0.134. The zero-order valence-corrected chi connectivity index (χ0v) is 10.8. The molecule has 0 amide bonds. The van der Waals surface area contributed by atoms with E-state index in [1.165, 1.54) is 0 Å². The standard InChI is InChI=1S/C15H18O3/c1-9(2)4-11-8-14-12(7-13(11)16)5-10(3)6-15(17)18-14/h7-8,10,16H,1,4-6H2,2-3H3. The van der Waals surface area contributed by atoms with E-state index in [0.29, 0.717) is 18.6 Å². The second-order valence-electron chi connectivity index (χ2n) is 5.21. The molecule has 3 nitrogen and oxygen atoms in total. The molecule has 0 spiro atoms. The molecular weight excluding hydrogens is 228 g/mol. The molecule has 2 rings (SSSR count). The fraction of sp³-hybridized carbons (Fsp3) is 0.400. The number of rotatable bonds is 2. The molecule has 0 bridgehead atoms. The molecule has 1 aliphatic heterocycles. The van der Waals surface area contributed by atoms with Gasteiger partial charge in [-0.05, 0) is 43.4 Å². The minimum absolute atomic E-state index is 0.201. The lowest BCUT2D eigenvalue weighted by Gasteiger charge is -2.11. The summed E-state index contributed by atoms with van der Waals surface area (Å²) in [6, 6.07) is 3.47. The Kier molecular flexibility index (Phi) is 3.41. The number of aromatic hydroxyl groups is 1. The lowest BCUT2D eigenvalue weighted by Crippen LogP contribution is -2.09. The third-order valence-electron chi connectivity index (χ3n) is 3.06. The monoisotopic (exact) mass is 246 g/mol. The van der Waals surface area contributed by atoms with E-state index >= 15 is 0 Å². The smallest absolute Gasteiger partial charge is 0.311 e. The first kappa shape index (κ1) is 12.7. The first-order valence-corrected chi connectivity index (χ1v) is 6.15. The molecule has 1 aromatic rings. The summed E-state index contributed by atoms with van der Waals surface area (Å²) in [7, 11) is 0. The van der Waals surface area contributed by atoms with Crippen LogP contribution in [0.15, 0.2) is 24.3 Å². The molecule has 0 aliphatic carbocycles. The van der Waals surface area contributed by atoms with E-state index in [-0.39, 0.29) is 17.6 Å². The molecule has 3 heteroatoms. The van der Waals surface area contributed by atoms with E-state index in [1.807, 2.05) is 13.8 Å². The van der Waals surface area contributed by atoms with E-state index < -0.39 is 0 Å². The Labute approximate surface area is 107 Å². The maximum atomic E-state index is 11.6. The van der Waals surface area contributed by atoms with Gasteiger partial charge in [0.2, 0.25) is 0 Å². The van der Waals surface area contributed by atoms with Gasteiger partial charge in [-0.15, -0.1) is 0 Å². The number of ether oxygens (including phenoxy) is 1. The highest BCUT2D eigenvalue weighted by Crippen LogP contribution is 2.33. The average molecular weight is 246 g/mol. The first-order chi connectivity index (χ1) is 8.45. The van der Waals surface area contributed by atoms with Crippen molar-refractivity contribution in [3.63, 3.8) is 0 Å². The van der Waals surface area contributed by atoms with E-state index in [4.69, 9.17) is 4.74 Å². The van der Waals surface area contributed by atoms with Crippen LogP contribution in [-0.4, -0.2) is 11.1 Å². The summed E-state index contributed by atoms with van der Waals surface area (Å²) < 4.78 is 5.32. The maximum Gasteiger partial charge on any atom is 0.311 e. The van der Waals surface area contributed by atoms with Crippen molar-refractivity contribution in [2.45, 2.75) is 33.1 Å². The van der Waals surface area contributed by atoms with Crippen LogP contribution in [0.4, 0.5) is 0 Å². The Morgan fingerprint density at radius 3 is 2.89 bits per heavy atom. The average Bonchev–Trinajstić information content (AvgIpc) is 2.35. The summed E-state index contributed by atoms with van der Waals surface area (Å²) in [4.78, 5) is 11.6. The Morgan fingerprint density at radius 1 is 1.50 bits per heavy atom. The quantitative estimate of drug-likeness (QED) is 0.495. The number of allylic oxidation sites excluding steroid dienone is 1. The van der Waals surface area contributed by atoms with Crippen LogP contribution in [0, 0.1) is 5.92 Å². The third kappa shape index (κ3) is 2.73. The van der Waals surface area contributed by atoms with Gasteiger partial charge in [0.15, 0.2) is 0 Å². The van der Waals surface area contributed by atoms with E-state index in [0.717, 1.165) is 23.1 Å². The number of carbonyl (C=O) groups is 1. The number of fused-ring (bicyclic) bond motifs is 1. The van der Waals surface area contributed by atoms with Crippen molar-refractivity contribution in [2.75, 3.05) is 0 Å². The number of hydrogen-bond donors (Lipinski definition) is 1. The van der Waals surface area contributed by atoms with Crippen molar-refractivity contribution in [1.29, 1.82) is 0 Å². The van der Waals surface area contributed by atoms with Crippen molar-refractivity contribution in [1.82, 2.24) is 0 Å². The summed E-state index contributed by atoms with van der Waals surface area (Å²) in [6.45, 7) is 7.74. The molecule has 0 saturated heterocycles. The third-order valence-corrected chi connectivity index (χ3v) is 3.06. The van der Waals surface area contributed by atoms with Gasteiger partial charge < -0.3 is 9.84 Å². The van der Waals surface area contributed by atoms with E-state index in [1.54, 1.807) is 12.1 Å². The fourth-order valence-electron chi connectivity index (χ4n) is 2.27. The van der Waals surface area contributed by atoms with Crippen LogP contribution < -0.4 is 4.74 Å². The Balaban J connectivity index is 2.41. The molecule has 0 fully saturated rings. The van der Waals surface area contributed by atoms with Crippen LogP contribution in [-0.2, 0) is 17.6 Å². The second kappa shape index (κ2) is 4.84. The highest BCUT2D eigenvalue weighted by Gasteiger charge is 2.21. The summed E-state index contributed by atoms with van der Waals surface area (Å²) in [5, 5.41) is 9.98. The zero-order valence-electron chi connectivity index (χ0n) is 10.8. The van der Waals surface area contributed by atoms with Crippen molar-refractivity contribution >= 4 is 5.97 Å². The molecule has 1 heterocycles. The fourth-order valence-corrected chi connectivity index (χ4v) is 2.27. The number of phenols is 1. The molecule has 1 aromatic carbocycles. The van der Waals surface area contributed by atoms with Gasteiger partial charge in [0.05, 0.1) is 0 Å². The molecule has 18 heavy (non-hydrogen) atoms. The van der Waals surface area contributed by atoms with Gasteiger partial charge in [0.25, 0.3) is 0 Å². The largest absolute Gasteiger partial charge is 0.508 e. The number of phenolic OH excluding ortho intramolecular Hbond substituents is 1. The van der Waals surface area contributed by atoms with Crippen LogP contribution in [0.1, 0.15) is 31.4 Å². The number of benzene rings is 1. The van der Waals surface area contributed by atoms with Crippen molar-refractivity contribution in [2.24, 2.45) is 5.92 Å². The van der Waals surface area contributed by atoms with Gasteiger partial charge in [-0.25, -0.2) is 0 Å². The molecule has 96 valence electrons. The highest BCUT2D eigenvalue weighted by atomic mass is 16.5. The number of esters is 1. The van der Waals surface area contributed by atoms with Crippen molar-refractivity contribution < 1.29 is 14.6 Å². The van der Waals surface area contributed by atoms with Crippen molar-refractivity contribution in [3.8, 4) is 11.5 Å². The molecule has 1 N–H and O–H groups in total. The molecule has 1 atom stereocenters. The molecule has 1 aliphatic rings. The first-order valence-electron chi connectivity index (χ1n) is 6.15. The maximum absolute atomic E-state index is 11.6. The topological polar surface area (TPSA) is 46.5 Å². The molecule has 0 radical (unpaired) electrons. The van der Waals surface area contributed by atoms with Gasteiger partial charge >= 0.3 is 5.97 Å². The van der Waals surface area contributed by atoms with E-state index in [2.05, 4.69) is 6.58 Å². The molecule has 0 aromatic heterocycles. The number of hydrogen-bond acceptors (Lipinski definition) is 3. The second-order valence-corrected chi connectivity index (χ2v) is 5.21. The molecule has 0 saturated carbocycles. The predicted octanol–water partition coefficient (Wildman–Crippen LogP) is 3.00. The summed E-state index contributed by atoms with van der Waals surface area (Å²) in [6.07, 6.45) is 1.76. The van der Waals surface area contributed by atoms with Crippen LogP contribution >= 0.6 is 0 Å². The SMILES string of the molecule is C=C(C)Cc1cc2c(cc1O)CC(C)CC(=O)O2. The van der Waals surface area contributed by atoms with E-state index in [9.17, 15) is 9.90 Å². The van der Waals surface area contributed by atoms with Gasteiger partial charge in [-0.1, -0.05) is 19.1 Å². The molecule has 1 unspecified atom stereocenters.